The molecule has 1 N–H and O–H groups in total. The van der Waals surface area contributed by atoms with Crippen LogP contribution in [0.1, 0.15) is 60.5 Å². The van der Waals surface area contributed by atoms with Gasteiger partial charge < -0.3 is 4.98 Å². The Morgan fingerprint density at radius 3 is 2.50 bits per heavy atom. The van der Waals surface area contributed by atoms with E-state index in [9.17, 15) is 18.0 Å². The van der Waals surface area contributed by atoms with Gasteiger partial charge in [0.15, 0.2) is 5.78 Å². The number of hydrogen-bond acceptors (Lipinski definition) is 4. The Morgan fingerprint density at radius 2 is 1.78 bits per heavy atom. The molecule has 32 heavy (non-hydrogen) atoms. The number of hydrogen-bond donors (Lipinski definition) is 1. The molecule has 0 saturated heterocycles. The van der Waals surface area contributed by atoms with Crippen LogP contribution in [0.2, 0.25) is 0 Å². The van der Waals surface area contributed by atoms with Crippen LogP contribution in [0.5, 0.6) is 0 Å². The van der Waals surface area contributed by atoms with E-state index >= 15 is 0 Å². The molecule has 4 rings (SSSR count). The van der Waals surface area contributed by atoms with Gasteiger partial charge in [0.2, 0.25) is 10.0 Å². The zero-order chi connectivity index (χ0) is 22.9. The van der Waals surface area contributed by atoms with Crippen LogP contribution in [-0.4, -0.2) is 29.5 Å². The van der Waals surface area contributed by atoms with Crippen molar-refractivity contribution in [3.05, 3.63) is 75.6 Å². The first kappa shape index (κ1) is 22.4. The number of rotatable bonds is 6. The van der Waals surface area contributed by atoms with Crippen LogP contribution in [0.4, 0.5) is 0 Å². The van der Waals surface area contributed by atoms with Crippen molar-refractivity contribution in [1.29, 1.82) is 0 Å². The molecule has 7 heteroatoms. The van der Waals surface area contributed by atoms with Gasteiger partial charge in [-0.3, -0.25) is 9.59 Å². The summed E-state index contributed by atoms with van der Waals surface area (Å²) in [4.78, 5) is 27.7. The third kappa shape index (κ3) is 4.40. The molecule has 168 valence electrons. The number of aryl methyl sites for hydroxylation is 1. The zero-order valence-electron chi connectivity index (χ0n) is 18.4. The van der Waals surface area contributed by atoms with Gasteiger partial charge in [-0.15, -0.1) is 0 Å². The summed E-state index contributed by atoms with van der Waals surface area (Å²) >= 11 is 0. The lowest BCUT2D eigenvalue weighted by molar-refractivity contribution is 0.101. The average molecular weight is 453 g/mol. The monoisotopic (exact) mass is 452 g/mol. The highest BCUT2D eigenvalue weighted by Gasteiger charge is 2.33. The molecule has 2 aromatic carbocycles. The highest BCUT2D eigenvalue weighted by atomic mass is 32.2. The number of carbonyl (C=O) groups excluding carboxylic acids is 1. The van der Waals surface area contributed by atoms with Crippen molar-refractivity contribution in [2.24, 2.45) is 0 Å². The Hall–Kier alpha value is -2.77. The minimum atomic E-state index is -3.90. The van der Waals surface area contributed by atoms with E-state index in [-0.39, 0.29) is 28.8 Å². The standard InChI is InChI=1S/C25H28N2O4S/c1-17-8-6-10-20-14-21(25(29)26-24(17)20)16-27(22-11-4-3-5-12-22)32(30,31)23-13-7-9-19(15-23)18(2)28/h6-10,13-15,22H,3-5,11-12,16H2,1-2H3,(H,26,29). The molecule has 1 fully saturated rings. The molecule has 1 aromatic heterocycles. The molecule has 6 nitrogen and oxygen atoms in total. The zero-order valence-corrected chi connectivity index (χ0v) is 19.2. The number of fused-ring (bicyclic) bond motifs is 1. The largest absolute Gasteiger partial charge is 0.321 e. The molecule has 0 unspecified atom stereocenters. The number of nitrogens with one attached hydrogen (secondary N) is 1. The summed E-state index contributed by atoms with van der Waals surface area (Å²) in [5.41, 5.74) is 2.22. The van der Waals surface area contributed by atoms with E-state index in [1.54, 1.807) is 18.2 Å². The smallest absolute Gasteiger partial charge is 0.252 e. The number of H-pyrrole nitrogens is 1. The lowest BCUT2D eigenvalue weighted by Crippen LogP contribution is -2.42. The predicted molar refractivity (Wildman–Crippen MR) is 125 cm³/mol. The van der Waals surface area contributed by atoms with E-state index in [2.05, 4.69) is 4.98 Å². The molecule has 0 amide bonds. The number of Topliss-reactive ketones (excluding diaryl/α,β-unsaturated/α-hetero) is 1. The molecule has 1 aliphatic carbocycles. The third-order valence-electron chi connectivity index (χ3n) is 6.32. The van der Waals surface area contributed by atoms with Crippen molar-refractivity contribution in [2.45, 2.75) is 63.4 Å². The van der Waals surface area contributed by atoms with Crippen LogP contribution in [-0.2, 0) is 16.6 Å². The fourth-order valence-electron chi connectivity index (χ4n) is 4.50. The normalized spacial score (nSPS) is 15.3. The van der Waals surface area contributed by atoms with E-state index in [1.165, 1.54) is 23.4 Å². The summed E-state index contributed by atoms with van der Waals surface area (Å²) in [6.45, 7) is 3.34. The second-order valence-electron chi connectivity index (χ2n) is 8.59. The van der Waals surface area contributed by atoms with Gasteiger partial charge in [0.05, 0.1) is 10.4 Å². The van der Waals surface area contributed by atoms with Crippen LogP contribution >= 0.6 is 0 Å². The van der Waals surface area contributed by atoms with Crippen molar-refractivity contribution >= 4 is 26.7 Å². The number of sulfonamides is 1. The second-order valence-corrected chi connectivity index (χ2v) is 10.5. The summed E-state index contributed by atoms with van der Waals surface area (Å²) in [5.74, 6) is -0.187. The third-order valence-corrected chi connectivity index (χ3v) is 8.21. The summed E-state index contributed by atoms with van der Waals surface area (Å²) in [6, 6.07) is 13.5. The van der Waals surface area contributed by atoms with Crippen molar-refractivity contribution in [2.75, 3.05) is 0 Å². The number of para-hydroxylation sites is 1. The molecule has 1 heterocycles. The molecule has 0 spiro atoms. The quantitative estimate of drug-likeness (QED) is 0.555. The average Bonchev–Trinajstić information content (AvgIpc) is 2.79. The molecule has 3 aromatic rings. The first-order valence-corrected chi connectivity index (χ1v) is 12.5. The van der Waals surface area contributed by atoms with Gasteiger partial charge in [-0.1, -0.05) is 49.6 Å². The first-order chi connectivity index (χ1) is 15.3. The molecule has 1 saturated carbocycles. The highest BCUT2D eigenvalue weighted by molar-refractivity contribution is 7.89. The Balaban J connectivity index is 1.79. The van der Waals surface area contributed by atoms with Gasteiger partial charge in [-0.2, -0.15) is 4.31 Å². The predicted octanol–water partition coefficient (Wildman–Crippen LogP) is 4.56. The number of pyridine rings is 1. The number of benzene rings is 2. The number of ketones is 1. The molecular weight excluding hydrogens is 424 g/mol. The number of carbonyl (C=O) groups is 1. The fourth-order valence-corrected chi connectivity index (χ4v) is 6.21. The summed E-state index contributed by atoms with van der Waals surface area (Å²) in [6.07, 6.45) is 4.52. The second kappa shape index (κ2) is 9.00. The van der Waals surface area contributed by atoms with Gasteiger partial charge in [0.25, 0.3) is 5.56 Å². The SMILES string of the molecule is CC(=O)c1cccc(S(=O)(=O)N(Cc2cc3cccc(C)c3[nH]c2=O)C2CCCCC2)c1. The van der Waals surface area contributed by atoms with Crippen LogP contribution < -0.4 is 5.56 Å². The maximum atomic E-state index is 13.7. The topological polar surface area (TPSA) is 87.3 Å². The number of aromatic nitrogens is 1. The van der Waals surface area contributed by atoms with Crippen LogP contribution in [0.15, 0.2) is 58.2 Å². The summed E-state index contributed by atoms with van der Waals surface area (Å²) in [7, 11) is -3.90. The lowest BCUT2D eigenvalue weighted by Gasteiger charge is -2.33. The maximum Gasteiger partial charge on any atom is 0.252 e. The van der Waals surface area contributed by atoms with Gasteiger partial charge in [-0.05, 0) is 55.8 Å². The Bertz CT molecular complexity index is 1320. The van der Waals surface area contributed by atoms with Crippen LogP contribution in [0, 0.1) is 6.92 Å². The fraction of sp³-hybridized carbons (Fsp3) is 0.360. The van der Waals surface area contributed by atoms with E-state index < -0.39 is 10.0 Å². The van der Waals surface area contributed by atoms with E-state index in [0.29, 0.717) is 11.1 Å². The molecule has 0 atom stereocenters. The lowest BCUT2D eigenvalue weighted by atomic mass is 9.95. The minimum absolute atomic E-state index is 0.00346. The Morgan fingerprint density at radius 1 is 1.06 bits per heavy atom. The summed E-state index contributed by atoms with van der Waals surface area (Å²) in [5, 5.41) is 0.874. The Kier molecular flexibility index (Phi) is 6.31. The summed E-state index contributed by atoms with van der Waals surface area (Å²) < 4.78 is 29.0. The molecular formula is C25H28N2O4S. The Labute approximate surface area is 188 Å². The highest BCUT2D eigenvalue weighted by Crippen LogP contribution is 2.30. The first-order valence-electron chi connectivity index (χ1n) is 11.0. The molecule has 0 bridgehead atoms. The van der Waals surface area contributed by atoms with Gasteiger partial charge in [0.1, 0.15) is 0 Å². The minimum Gasteiger partial charge on any atom is -0.321 e. The van der Waals surface area contributed by atoms with Crippen molar-refractivity contribution in [1.82, 2.24) is 9.29 Å². The van der Waals surface area contributed by atoms with E-state index in [1.807, 2.05) is 25.1 Å². The molecule has 0 radical (unpaired) electrons. The van der Waals surface area contributed by atoms with Gasteiger partial charge in [0, 0.05) is 23.7 Å². The number of aromatic amines is 1. The van der Waals surface area contributed by atoms with E-state index in [0.717, 1.165) is 48.6 Å². The van der Waals surface area contributed by atoms with Crippen molar-refractivity contribution in [3.63, 3.8) is 0 Å². The van der Waals surface area contributed by atoms with Gasteiger partial charge in [-0.25, -0.2) is 8.42 Å². The van der Waals surface area contributed by atoms with E-state index in [4.69, 9.17) is 0 Å². The molecule has 1 aliphatic rings. The van der Waals surface area contributed by atoms with Crippen molar-refractivity contribution < 1.29 is 13.2 Å². The van der Waals surface area contributed by atoms with Crippen molar-refractivity contribution in [3.8, 4) is 0 Å². The molecule has 0 aliphatic heterocycles. The van der Waals surface area contributed by atoms with Gasteiger partial charge >= 0.3 is 0 Å². The van der Waals surface area contributed by atoms with Crippen LogP contribution in [0.3, 0.4) is 0 Å². The van der Waals surface area contributed by atoms with Crippen LogP contribution in [0.25, 0.3) is 10.9 Å². The maximum absolute atomic E-state index is 13.7. The number of nitrogens with zero attached hydrogens (tertiary/aromatic N) is 1.